The summed E-state index contributed by atoms with van der Waals surface area (Å²) in [5.74, 6) is 1.95. The normalized spacial score (nSPS) is 10.9. The van der Waals surface area contributed by atoms with Crippen LogP contribution in [0.5, 0.6) is 11.5 Å². The van der Waals surface area contributed by atoms with E-state index in [1.165, 1.54) is 67.8 Å². The second-order valence-corrected chi connectivity index (χ2v) is 9.27. The fourth-order valence-corrected chi connectivity index (χ4v) is 4.07. The highest BCUT2D eigenvalue weighted by Crippen LogP contribution is 2.33. The van der Waals surface area contributed by atoms with E-state index < -0.39 is 0 Å². The topological polar surface area (TPSA) is 18.5 Å². The van der Waals surface area contributed by atoms with E-state index in [2.05, 4.69) is 71.2 Å². The van der Waals surface area contributed by atoms with Crippen molar-refractivity contribution in [3.8, 4) is 11.5 Å². The first-order valence-electron chi connectivity index (χ1n) is 10.4. The minimum absolute atomic E-state index is 0.805. The molecule has 0 radical (unpaired) electrons. The lowest BCUT2D eigenvalue weighted by atomic mass is 10.1. The van der Waals surface area contributed by atoms with Gasteiger partial charge in [-0.05, 0) is 70.2 Å². The van der Waals surface area contributed by atoms with Crippen LogP contribution in [-0.2, 0) is 0 Å². The molecule has 4 heteroatoms. The monoisotopic (exact) mass is 586 g/mol. The maximum absolute atomic E-state index is 6.04. The predicted octanol–water partition coefficient (Wildman–Crippen LogP) is 8.37. The van der Waals surface area contributed by atoms with Crippen LogP contribution in [0.15, 0.2) is 12.1 Å². The molecule has 0 aromatic heterocycles. The fourth-order valence-electron chi connectivity index (χ4n) is 2.88. The largest absolute Gasteiger partial charge is 0.492 e. The molecule has 0 fully saturated rings. The smallest absolute Gasteiger partial charge is 0.137 e. The van der Waals surface area contributed by atoms with Crippen LogP contribution in [0.3, 0.4) is 0 Å². The molecule has 0 heterocycles. The van der Waals surface area contributed by atoms with Crippen LogP contribution in [0.25, 0.3) is 0 Å². The summed E-state index contributed by atoms with van der Waals surface area (Å²) >= 11 is 4.71. The summed E-state index contributed by atoms with van der Waals surface area (Å²) < 4.78 is 14.4. The molecule has 0 bridgehead atoms. The molecule has 0 aliphatic rings. The Bertz CT molecular complexity index is 438. The molecule has 1 aromatic rings. The van der Waals surface area contributed by atoms with E-state index in [0.29, 0.717) is 0 Å². The minimum atomic E-state index is 0.805. The molecule has 0 unspecified atom stereocenters. The third-order valence-corrected chi connectivity index (χ3v) is 6.17. The lowest BCUT2D eigenvalue weighted by Crippen LogP contribution is -2.03. The molecule has 0 saturated heterocycles. The number of hydrogen-bond acceptors (Lipinski definition) is 2. The summed E-state index contributed by atoms with van der Waals surface area (Å²) in [6.07, 6.45) is 15.5. The Hall–Kier alpha value is 0.280. The van der Waals surface area contributed by atoms with Gasteiger partial charge in [-0.1, -0.05) is 78.1 Å². The van der Waals surface area contributed by atoms with Crippen LogP contribution < -0.4 is 9.47 Å². The highest BCUT2D eigenvalue weighted by atomic mass is 127. The van der Waals surface area contributed by atoms with Gasteiger partial charge in [0.1, 0.15) is 11.5 Å². The first-order valence-corrected chi connectivity index (χ1v) is 12.6. The maximum Gasteiger partial charge on any atom is 0.137 e. The van der Waals surface area contributed by atoms with Crippen LogP contribution in [-0.4, -0.2) is 13.2 Å². The Balaban J connectivity index is 2.32. The zero-order valence-electron chi connectivity index (χ0n) is 16.6. The summed E-state index contributed by atoms with van der Waals surface area (Å²) in [5.41, 5.74) is 0. The van der Waals surface area contributed by atoms with Crippen molar-refractivity contribution >= 4 is 45.2 Å². The van der Waals surface area contributed by atoms with Crippen LogP contribution in [0.4, 0.5) is 0 Å². The zero-order valence-corrected chi connectivity index (χ0v) is 20.9. The molecule has 0 saturated carbocycles. The first kappa shape index (κ1) is 24.3. The quantitative estimate of drug-likeness (QED) is 0.143. The summed E-state index contributed by atoms with van der Waals surface area (Å²) in [6, 6.07) is 4.24. The van der Waals surface area contributed by atoms with E-state index in [1.54, 1.807) is 0 Å². The number of hydrogen-bond donors (Lipinski definition) is 0. The molecule has 1 rings (SSSR count). The predicted molar refractivity (Wildman–Crippen MR) is 130 cm³/mol. The van der Waals surface area contributed by atoms with E-state index in [-0.39, 0.29) is 0 Å². The molecule has 1 aromatic carbocycles. The van der Waals surface area contributed by atoms with Crippen molar-refractivity contribution < 1.29 is 9.47 Å². The van der Waals surface area contributed by atoms with Crippen LogP contribution in [0.1, 0.15) is 90.9 Å². The van der Waals surface area contributed by atoms with Crippen LogP contribution >= 0.6 is 45.2 Å². The standard InChI is InChI=1S/C22H36I2O2/c1-3-5-7-9-11-13-15-25-20-17-19(23)18-21(22(20)24)26-16-14-12-10-8-6-4-2/h17-18H,3-16H2,1-2H3. The molecular formula is C22H36I2O2. The van der Waals surface area contributed by atoms with Crippen molar-refractivity contribution in [3.63, 3.8) is 0 Å². The summed E-state index contributed by atoms with van der Waals surface area (Å²) in [7, 11) is 0. The van der Waals surface area contributed by atoms with Crippen molar-refractivity contribution in [1.82, 2.24) is 0 Å². The Labute approximate surface area is 188 Å². The molecule has 0 spiro atoms. The molecule has 0 amide bonds. The van der Waals surface area contributed by atoms with Crippen molar-refractivity contribution in [3.05, 3.63) is 19.3 Å². The molecule has 0 N–H and O–H groups in total. The number of benzene rings is 1. The summed E-state index contributed by atoms with van der Waals surface area (Å²) in [5, 5.41) is 0. The lowest BCUT2D eigenvalue weighted by molar-refractivity contribution is 0.285. The van der Waals surface area contributed by atoms with Crippen LogP contribution in [0.2, 0.25) is 0 Å². The Morgan fingerprint density at radius 2 is 1.00 bits per heavy atom. The second-order valence-electron chi connectivity index (χ2n) is 6.95. The number of ether oxygens (including phenoxy) is 2. The molecule has 2 nitrogen and oxygen atoms in total. The van der Waals surface area contributed by atoms with Gasteiger partial charge in [-0.25, -0.2) is 0 Å². The van der Waals surface area contributed by atoms with Crippen molar-refractivity contribution in [2.24, 2.45) is 0 Å². The average Bonchev–Trinajstić information content (AvgIpc) is 2.63. The van der Waals surface area contributed by atoms with Gasteiger partial charge in [-0.2, -0.15) is 0 Å². The zero-order chi connectivity index (χ0) is 19.0. The number of unbranched alkanes of at least 4 members (excludes halogenated alkanes) is 10. The molecule has 0 aliphatic carbocycles. The highest BCUT2D eigenvalue weighted by Gasteiger charge is 2.10. The van der Waals surface area contributed by atoms with E-state index in [0.717, 1.165) is 41.1 Å². The Morgan fingerprint density at radius 3 is 1.42 bits per heavy atom. The Morgan fingerprint density at radius 1 is 0.615 bits per heavy atom. The van der Waals surface area contributed by atoms with Gasteiger partial charge < -0.3 is 9.47 Å². The van der Waals surface area contributed by atoms with Gasteiger partial charge in [0.05, 0.1) is 16.8 Å². The molecule has 0 atom stereocenters. The van der Waals surface area contributed by atoms with E-state index in [4.69, 9.17) is 9.47 Å². The SMILES string of the molecule is CCCCCCCCOc1cc(I)cc(OCCCCCCCC)c1I. The number of rotatable bonds is 16. The van der Waals surface area contributed by atoms with Crippen LogP contribution in [0, 0.1) is 7.14 Å². The van der Waals surface area contributed by atoms with E-state index in [1.807, 2.05) is 0 Å². The third kappa shape index (κ3) is 11.2. The third-order valence-electron chi connectivity index (χ3n) is 4.48. The Kier molecular flexibility index (Phi) is 15.2. The van der Waals surface area contributed by atoms with E-state index >= 15 is 0 Å². The minimum Gasteiger partial charge on any atom is -0.492 e. The van der Waals surface area contributed by atoms with Gasteiger partial charge in [-0.15, -0.1) is 0 Å². The van der Waals surface area contributed by atoms with Gasteiger partial charge in [-0.3, -0.25) is 0 Å². The maximum atomic E-state index is 6.04. The van der Waals surface area contributed by atoms with Gasteiger partial charge in [0.15, 0.2) is 0 Å². The molecule has 0 aliphatic heterocycles. The van der Waals surface area contributed by atoms with Crippen molar-refractivity contribution in [2.75, 3.05) is 13.2 Å². The first-order chi connectivity index (χ1) is 12.7. The molecule has 150 valence electrons. The average molecular weight is 586 g/mol. The highest BCUT2D eigenvalue weighted by molar-refractivity contribution is 14.1. The van der Waals surface area contributed by atoms with Gasteiger partial charge in [0, 0.05) is 3.57 Å². The van der Waals surface area contributed by atoms with Gasteiger partial charge in [0.2, 0.25) is 0 Å². The van der Waals surface area contributed by atoms with Gasteiger partial charge >= 0.3 is 0 Å². The second kappa shape index (κ2) is 16.3. The van der Waals surface area contributed by atoms with Crippen molar-refractivity contribution in [1.29, 1.82) is 0 Å². The van der Waals surface area contributed by atoms with Gasteiger partial charge in [0.25, 0.3) is 0 Å². The van der Waals surface area contributed by atoms with E-state index in [9.17, 15) is 0 Å². The van der Waals surface area contributed by atoms with Crippen molar-refractivity contribution in [2.45, 2.75) is 90.9 Å². The number of halogens is 2. The molecule has 26 heavy (non-hydrogen) atoms. The lowest BCUT2D eigenvalue weighted by Gasteiger charge is -2.14. The summed E-state index contributed by atoms with van der Waals surface area (Å²) in [6.45, 7) is 6.13. The fraction of sp³-hybridized carbons (Fsp3) is 0.727. The molecular weight excluding hydrogens is 550 g/mol. The summed E-state index contributed by atoms with van der Waals surface area (Å²) in [4.78, 5) is 0.